The molecular formula is C13H18N2O4S. The summed E-state index contributed by atoms with van der Waals surface area (Å²) >= 11 is 1.43. The lowest BCUT2D eigenvalue weighted by atomic mass is 10.0. The van der Waals surface area contributed by atoms with Crippen molar-refractivity contribution < 1.29 is 19.1 Å². The number of carbonyl (C=O) groups is 2. The van der Waals surface area contributed by atoms with Crippen LogP contribution in [0.5, 0.6) is 0 Å². The molecule has 20 heavy (non-hydrogen) atoms. The number of thiophene rings is 1. The maximum absolute atomic E-state index is 12.0. The first kappa shape index (κ1) is 15.0. The number of hydrogen-bond acceptors (Lipinski definition) is 6. The molecule has 0 saturated carbocycles. The lowest BCUT2D eigenvalue weighted by Crippen LogP contribution is -2.23. The summed E-state index contributed by atoms with van der Waals surface area (Å²) in [5, 5.41) is 6.62. The van der Waals surface area contributed by atoms with Crippen LogP contribution in [-0.2, 0) is 27.2 Å². The summed E-state index contributed by atoms with van der Waals surface area (Å²) in [6.07, 6.45) is 1.03. The van der Waals surface area contributed by atoms with Gasteiger partial charge in [-0.15, -0.1) is 11.3 Å². The quantitative estimate of drug-likeness (QED) is 0.798. The zero-order valence-electron chi connectivity index (χ0n) is 11.6. The van der Waals surface area contributed by atoms with Gasteiger partial charge >= 0.3 is 5.97 Å². The minimum Gasteiger partial charge on any atom is -0.465 e. The van der Waals surface area contributed by atoms with E-state index in [0.29, 0.717) is 17.2 Å². The first-order valence-corrected chi connectivity index (χ1v) is 7.21. The van der Waals surface area contributed by atoms with Crippen molar-refractivity contribution in [3.05, 3.63) is 16.0 Å². The van der Waals surface area contributed by atoms with Crippen LogP contribution in [0.1, 0.15) is 27.2 Å². The van der Waals surface area contributed by atoms with E-state index in [4.69, 9.17) is 9.47 Å². The highest BCUT2D eigenvalue weighted by Gasteiger charge is 2.26. The summed E-state index contributed by atoms with van der Waals surface area (Å²) in [7, 11) is 2.90. The van der Waals surface area contributed by atoms with E-state index in [1.54, 1.807) is 7.11 Å². The molecule has 1 aliphatic heterocycles. The van der Waals surface area contributed by atoms with Crippen LogP contribution in [-0.4, -0.2) is 39.2 Å². The Kier molecular flexibility index (Phi) is 5.11. The van der Waals surface area contributed by atoms with E-state index in [2.05, 4.69) is 10.6 Å². The van der Waals surface area contributed by atoms with Crippen LogP contribution in [0.25, 0.3) is 0 Å². The molecule has 2 N–H and O–H groups in total. The molecule has 2 heterocycles. The summed E-state index contributed by atoms with van der Waals surface area (Å²) in [6, 6.07) is 0. The summed E-state index contributed by atoms with van der Waals surface area (Å²) in [6.45, 7) is 1.90. The third-order valence-electron chi connectivity index (χ3n) is 3.10. The van der Waals surface area contributed by atoms with Crippen LogP contribution in [0.2, 0.25) is 0 Å². The van der Waals surface area contributed by atoms with Gasteiger partial charge in [0.15, 0.2) is 0 Å². The Labute approximate surface area is 121 Å². The molecule has 7 heteroatoms. The average Bonchev–Trinajstić information content (AvgIpc) is 2.82. The predicted molar refractivity (Wildman–Crippen MR) is 76.2 cm³/mol. The van der Waals surface area contributed by atoms with Gasteiger partial charge in [0.05, 0.1) is 25.7 Å². The van der Waals surface area contributed by atoms with E-state index in [9.17, 15) is 9.59 Å². The first-order valence-electron chi connectivity index (χ1n) is 6.39. The van der Waals surface area contributed by atoms with Crippen LogP contribution in [0, 0.1) is 0 Å². The van der Waals surface area contributed by atoms with Gasteiger partial charge in [0.1, 0.15) is 5.00 Å². The molecule has 0 bridgehead atoms. The van der Waals surface area contributed by atoms with Gasteiger partial charge < -0.3 is 20.1 Å². The molecule has 0 saturated heterocycles. The minimum atomic E-state index is -0.397. The topological polar surface area (TPSA) is 76.7 Å². The van der Waals surface area contributed by atoms with Crippen molar-refractivity contribution in [3.8, 4) is 0 Å². The van der Waals surface area contributed by atoms with Crippen LogP contribution in [0.4, 0.5) is 5.00 Å². The first-order chi connectivity index (χ1) is 9.67. The van der Waals surface area contributed by atoms with E-state index in [-0.39, 0.29) is 12.3 Å². The number of methoxy groups -OCH3 is 2. The van der Waals surface area contributed by atoms with Crippen molar-refractivity contribution in [1.82, 2.24) is 5.32 Å². The Morgan fingerprint density at radius 3 is 2.90 bits per heavy atom. The van der Waals surface area contributed by atoms with Crippen molar-refractivity contribution in [2.45, 2.75) is 19.4 Å². The molecule has 1 aromatic rings. The second kappa shape index (κ2) is 6.83. The molecular weight excluding hydrogens is 280 g/mol. The third-order valence-corrected chi connectivity index (χ3v) is 4.25. The van der Waals surface area contributed by atoms with Gasteiger partial charge in [0, 0.05) is 18.5 Å². The van der Waals surface area contributed by atoms with Crippen LogP contribution < -0.4 is 10.6 Å². The summed E-state index contributed by atoms with van der Waals surface area (Å²) in [5.41, 5.74) is 1.49. The number of esters is 1. The SMILES string of the molecule is COCCC(=O)Nc1sc2c(c1C(=O)OC)CCNC2. The number of rotatable bonds is 5. The van der Waals surface area contributed by atoms with Gasteiger partial charge in [-0.3, -0.25) is 4.79 Å². The van der Waals surface area contributed by atoms with Crippen LogP contribution >= 0.6 is 11.3 Å². The lowest BCUT2D eigenvalue weighted by molar-refractivity contribution is -0.117. The predicted octanol–water partition coefficient (Wildman–Crippen LogP) is 1.16. The number of fused-ring (bicyclic) bond motifs is 1. The van der Waals surface area contributed by atoms with Crippen molar-refractivity contribution in [1.29, 1.82) is 0 Å². The highest BCUT2D eigenvalue weighted by Crippen LogP contribution is 2.35. The Morgan fingerprint density at radius 1 is 1.40 bits per heavy atom. The highest BCUT2D eigenvalue weighted by atomic mass is 32.1. The molecule has 0 aliphatic carbocycles. The summed E-state index contributed by atoms with van der Waals surface area (Å²) < 4.78 is 9.71. The molecule has 0 aromatic carbocycles. The van der Waals surface area contributed by atoms with Crippen LogP contribution in [0.3, 0.4) is 0 Å². The molecule has 0 unspecified atom stereocenters. The lowest BCUT2D eigenvalue weighted by Gasteiger charge is -2.13. The monoisotopic (exact) mass is 298 g/mol. The summed E-state index contributed by atoms with van der Waals surface area (Å²) in [5.74, 6) is -0.560. The van der Waals surface area contributed by atoms with Crippen molar-refractivity contribution in [2.24, 2.45) is 0 Å². The van der Waals surface area contributed by atoms with Gasteiger partial charge in [0.2, 0.25) is 5.91 Å². The number of amides is 1. The second-order valence-corrected chi connectivity index (χ2v) is 5.52. The molecule has 0 spiro atoms. The Morgan fingerprint density at radius 2 is 2.20 bits per heavy atom. The van der Waals surface area contributed by atoms with Gasteiger partial charge in [-0.25, -0.2) is 4.79 Å². The molecule has 6 nitrogen and oxygen atoms in total. The van der Waals surface area contributed by atoms with E-state index in [1.807, 2.05) is 0 Å². The molecule has 110 valence electrons. The third kappa shape index (κ3) is 3.17. The van der Waals surface area contributed by atoms with Gasteiger partial charge in [-0.2, -0.15) is 0 Å². The Balaban J connectivity index is 2.25. The number of hydrogen-bond donors (Lipinski definition) is 2. The van der Waals surface area contributed by atoms with E-state index in [1.165, 1.54) is 18.4 Å². The molecule has 1 amide bonds. The second-order valence-electron chi connectivity index (χ2n) is 4.42. The molecule has 1 aliphatic rings. The number of ether oxygens (including phenoxy) is 2. The molecule has 2 rings (SSSR count). The summed E-state index contributed by atoms with van der Waals surface area (Å²) in [4.78, 5) is 24.8. The molecule has 1 aromatic heterocycles. The molecule has 0 fully saturated rings. The Bertz CT molecular complexity index is 513. The van der Waals surface area contributed by atoms with Crippen molar-refractivity contribution in [3.63, 3.8) is 0 Å². The molecule has 0 radical (unpaired) electrons. The largest absolute Gasteiger partial charge is 0.465 e. The van der Waals surface area contributed by atoms with E-state index >= 15 is 0 Å². The van der Waals surface area contributed by atoms with Gasteiger partial charge in [0.25, 0.3) is 0 Å². The fourth-order valence-electron chi connectivity index (χ4n) is 2.12. The normalized spacial score (nSPS) is 13.7. The number of nitrogens with one attached hydrogen (secondary N) is 2. The van der Waals surface area contributed by atoms with Gasteiger partial charge in [-0.1, -0.05) is 0 Å². The van der Waals surface area contributed by atoms with Crippen molar-refractivity contribution in [2.75, 3.05) is 32.7 Å². The zero-order valence-corrected chi connectivity index (χ0v) is 12.4. The maximum atomic E-state index is 12.0. The maximum Gasteiger partial charge on any atom is 0.341 e. The average molecular weight is 298 g/mol. The smallest absolute Gasteiger partial charge is 0.341 e. The number of carbonyl (C=O) groups excluding carboxylic acids is 2. The highest BCUT2D eigenvalue weighted by molar-refractivity contribution is 7.17. The fraction of sp³-hybridized carbons (Fsp3) is 0.538. The minimum absolute atomic E-state index is 0.163. The van der Waals surface area contributed by atoms with Gasteiger partial charge in [-0.05, 0) is 18.5 Å². The Hall–Kier alpha value is -1.44. The fourth-order valence-corrected chi connectivity index (χ4v) is 3.35. The van der Waals surface area contributed by atoms with E-state index in [0.717, 1.165) is 30.0 Å². The molecule has 0 atom stereocenters. The standard InChI is InChI=1S/C13H18N2O4S/c1-18-6-4-10(16)15-12-11(13(17)19-2)8-3-5-14-7-9(8)20-12/h14H,3-7H2,1-2H3,(H,15,16). The van der Waals surface area contributed by atoms with Crippen LogP contribution in [0.15, 0.2) is 0 Å². The zero-order chi connectivity index (χ0) is 14.5. The number of anilines is 1. The van der Waals surface area contributed by atoms with E-state index < -0.39 is 5.97 Å². The van der Waals surface area contributed by atoms with Crippen molar-refractivity contribution >= 4 is 28.2 Å².